The summed E-state index contributed by atoms with van der Waals surface area (Å²) in [7, 11) is 0. The number of phenols is 1. The van der Waals surface area contributed by atoms with Crippen molar-refractivity contribution in [3.05, 3.63) is 308 Å². The Morgan fingerprint density at radius 3 is 1.25 bits per heavy atom. The van der Waals surface area contributed by atoms with Gasteiger partial charge in [-0.15, -0.1) is 0 Å². The number of nitrogen functional groups attached to an aromatic ring is 1. The molecule has 26 nitrogen and oxygen atoms in total. The van der Waals surface area contributed by atoms with Crippen LogP contribution < -0.4 is 47.4 Å². The van der Waals surface area contributed by atoms with Crippen molar-refractivity contribution in [3.8, 4) is 29.1 Å². The molecule has 0 saturated heterocycles. The molecule has 26 heteroatoms. The topological polar surface area (TPSA) is 437 Å². The molecule has 0 bridgehead atoms. The lowest BCUT2D eigenvalue weighted by molar-refractivity contribution is -0.128. The fourth-order valence-electron chi connectivity index (χ4n) is 12.0. The Bertz CT molecular complexity index is 5310. The number of nitriles is 1. The lowest BCUT2D eigenvalue weighted by Gasteiger charge is -2.22. The van der Waals surface area contributed by atoms with Crippen LogP contribution in [0.5, 0.6) is 23.0 Å². The highest BCUT2D eigenvalue weighted by molar-refractivity contribution is 6.07. The van der Waals surface area contributed by atoms with Crippen LogP contribution >= 0.6 is 0 Å². The Morgan fingerprint density at radius 2 is 0.814 bits per heavy atom. The van der Waals surface area contributed by atoms with Crippen molar-refractivity contribution in [1.82, 2.24) is 10.6 Å². The highest BCUT2D eigenvalue weighted by atomic mass is 16.5. The van der Waals surface area contributed by atoms with Crippen LogP contribution in [0.15, 0.2) is 219 Å². The molecule has 4 atom stereocenters. The lowest BCUT2D eigenvalue weighted by atomic mass is 9.92. The average molecular weight is 1600 g/mol. The summed E-state index contributed by atoms with van der Waals surface area (Å²) in [5.74, 6) is -9.16. The molecule has 0 aliphatic rings. The summed E-state index contributed by atoms with van der Waals surface area (Å²) in [6.07, 6.45) is 1.48. The third-order valence-corrected chi connectivity index (χ3v) is 18.5. The standard InChI is InChI=1S/C47H42N4O10.C45H47N3O9/c1-26(2)61-43-35(18-21-37(42(43)55)39(53)22-28-6-14-34(15-7-28)47(59)60)24-38(52)31-10-4-29(5-11-31)23-40(54)41(27(3)44(49)56)51-46(58)33-16-19-36(20-17-33)50-45(57)32-12-8-30(25-48)9-13-32;1-6-22-55-42-36(38(50)24-29-10-14-33(15-11-29)45(54)56-23-7-2)21-18-34(41(42)57-27(3)4)26-37(49)31-12-8-30(9-13-31)25-39(51)40(28(5)43(47)52)48-44(53)32-16-19-35(46)20-17-32/h4-21,26-27,41,55H,22-24H2,1-3H3,(H2,49,56)(H,50,57)(H,51,58)(H,59,60);6-21,27-28,40H,1-2,22-26,46H2,3-5H3,(H2,47,52)(H,48,53)/t27-,41+;28-,40+/m11/s1. The summed E-state index contributed by atoms with van der Waals surface area (Å²) in [6.45, 7) is 17.4. The molecule has 0 aliphatic carbocycles. The van der Waals surface area contributed by atoms with Crippen LogP contribution in [0.3, 0.4) is 0 Å². The van der Waals surface area contributed by atoms with Crippen LogP contribution in [0.2, 0.25) is 0 Å². The molecule has 0 aromatic heterocycles. The SMILES string of the molecule is C=CCOC(=O)c1ccc(CC(=O)c2ccc(CC(=O)c3ccc(CC(=O)[C@@H](NC(=O)c4ccc(N)cc4)[C@@H](C)C(N)=O)cc3)c(OC(C)C)c2OCC=C)cc1.CC(C)Oc1c(CC(=O)c2ccc(CC(=O)[C@@H](NC(=O)c3ccc(NC(=O)c4ccc(C#N)cc4)cc3)[C@@H](C)C(N)=O)cc2)ccc(C(=O)Cc2ccc(C(=O)O)cc2)c1O. The molecule has 0 fully saturated rings. The van der Waals surface area contributed by atoms with Crippen LogP contribution in [0.4, 0.5) is 11.4 Å². The van der Waals surface area contributed by atoms with Gasteiger partial charge >= 0.3 is 11.9 Å². The largest absolute Gasteiger partial charge is 0.504 e. The number of Topliss-reactive ketones (excluding diaryl/α,β-unsaturated/α-hetero) is 6. The van der Waals surface area contributed by atoms with Gasteiger partial charge < -0.3 is 62.3 Å². The first kappa shape index (κ1) is 88.8. The van der Waals surface area contributed by atoms with E-state index in [1.807, 2.05) is 19.9 Å². The number of ether oxygens (including phenoxy) is 4. The van der Waals surface area contributed by atoms with Gasteiger partial charge in [0.05, 0.1) is 70.0 Å². The van der Waals surface area contributed by atoms with Crippen molar-refractivity contribution in [1.29, 1.82) is 5.26 Å². The first-order valence-electron chi connectivity index (χ1n) is 37.4. The zero-order valence-corrected chi connectivity index (χ0v) is 65.7. The Labute approximate surface area is 681 Å². The van der Waals surface area contributed by atoms with Crippen molar-refractivity contribution in [2.24, 2.45) is 23.3 Å². The maximum absolute atomic E-state index is 13.7. The number of amides is 5. The number of carbonyl (C=O) groups is 13. The number of primary amides is 2. The molecule has 0 aliphatic heterocycles. The van der Waals surface area contributed by atoms with Crippen molar-refractivity contribution < 1.29 is 91.5 Å². The highest BCUT2D eigenvalue weighted by Crippen LogP contribution is 2.39. The second kappa shape index (κ2) is 41.9. The molecule has 11 N–H and O–H groups in total. The van der Waals surface area contributed by atoms with E-state index in [1.165, 1.54) is 135 Å². The van der Waals surface area contributed by atoms with Gasteiger partial charge in [0.1, 0.15) is 13.2 Å². The van der Waals surface area contributed by atoms with Gasteiger partial charge in [-0.2, -0.15) is 5.26 Å². The van der Waals surface area contributed by atoms with Gasteiger partial charge in [0.15, 0.2) is 57.7 Å². The summed E-state index contributed by atoms with van der Waals surface area (Å²) in [6, 6.07) is 48.7. The van der Waals surface area contributed by atoms with Gasteiger partial charge in [0, 0.05) is 88.8 Å². The number of carbonyl (C=O) groups excluding carboxylic acids is 12. The van der Waals surface area contributed by atoms with Crippen molar-refractivity contribution in [3.63, 3.8) is 0 Å². The molecule has 5 amide bonds. The molecule has 9 aromatic rings. The molecule has 118 heavy (non-hydrogen) atoms. The van der Waals surface area contributed by atoms with E-state index in [0.717, 1.165) is 0 Å². The second-order valence-electron chi connectivity index (χ2n) is 28.1. The van der Waals surface area contributed by atoms with Crippen LogP contribution in [0.25, 0.3) is 0 Å². The Hall–Kier alpha value is -14.7. The van der Waals surface area contributed by atoms with Gasteiger partial charge in [0.2, 0.25) is 11.8 Å². The number of nitrogens with two attached hydrogens (primary N) is 3. The third kappa shape index (κ3) is 24.6. The maximum Gasteiger partial charge on any atom is 0.338 e. The molecule has 0 saturated carbocycles. The van der Waals surface area contributed by atoms with Crippen molar-refractivity contribution in [2.45, 2.75) is 104 Å². The number of nitrogens with one attached hydrogen (secondary N) is 3. The normalized spacial score (nSPS) is 11.8. The quantitative estimate of drug-likeness (QED) is 0.00767. The van der Waals surface area contributed by atoms with Crippen LogP contribution in [0, 0.1) is 23.2 Å². The average Bonchev–Trinajstić information content (AvgIpc) is 0.798. The summed E-state index contributed by atoms with van der Waals surface area (Å²) in [5, 5.41) is 37.2. The summed E-state index contributed by atoms with van der Waals surface area (Å²) in [5.41, 5.74) is 23.1. The summed E-state index contributed by atoms with van der Waals surface area (Å²) >= 11 is 0. The minimum Gasteiger partial charge on any atom is -0.504 e. The van der Waals surface area contributed by atoms with Gasteiger partial charge in [0.25, 0.3) is 17.7 Å². The number of hydrogen-bond acceptors (Lipinski definition) is 20. The van der Waals surface area contributed by atoms with E-state index in [2.05, 4.69) is 29.1 Å². The molecule has 9 rings (SSSR count). The minimum absolute atomic E-state index is 0.00216. The zero-order chi connectivity index (χ0) is 86.0. The van der Waals surface area contributed by atoms with Gasteiger partial charge in [-0.3, -0.25) is 52.7 Å². The number of anilines is 2. The molecule has 0 heterocycles. The zero-order valence-electron chi connectivity index (χ0n) is 65.7. The molecular formula is C92H89N7O19. The number of nitrogens with zero attached hydrogens (tertiary/aromatic N) is 1. The molecule has 9 aromatic carbocycles. The van der Waals surface area contributed by atoms with Crippen LogP contribution in [-0.4, -0.2) is 124 Å². The van der Waals surface area contributed by atoms with E-state index >= 15 is 0 Å². The predicted octanol–water partition coefficient (Wildman–Crippen LogP) is 11.7. The van der Waals surface area contributed by atoms with E-state index in [1.54, 1.807) is 98.8 Å². The fraction of sp³-hybridized carbons (Fsp3) is 0.217. The molecule has 0 radical (unpaired) electrons. The molecule has 0 unspecified atom stereocenters. The van der Waals surface area contributed by atoms with Gasteiger partial charge in [-0.1, -0.05) is 124 Å². The first-order valence-corrected chi connectivity index (χ1v) is 37.4. The maximum atomic E-state index is 13.7. The Morgan fingerprint density at radius 1 is 0.432 bits per heavy atom. The Kier molecular flexibility index (Phi) is 31.5. The molecular weight excluding hydrogens is 1510 g/mol. The van der Waals surface area contributed by atoms with E-state index < -0.39 is 94.6 Å². The number of ketones is 6. The number of rotatable bonds is 39. The van der Waals surface area contributed by atoms with Crippen molar-refractivity contribution in [2.75, 3.05) is 24.3 Å². The van der Waals surface area contributed by atoms with E-state index in [4.69, 9.17) is 46.5 Å². The van der Waals surface area contributed by atoms with E-state index in [-0.39, 0.29) is 126 Å². The van der Waals surface area contributed by atoms with Crippen LogP contribution in [-0.2, 0) is 62.4 Å². The number of aromatic carboxylic acids is 1. The fourth-order valence-corrected chi connectivity index (χ4v) is 12.0. The molecule has 606 valence electrons. The summed E-state index contributed by atoms with van der Waals surface area (Å²) < 4.78 is 23.1. The van der Waals surface area contributed by atoms with Gasteiger partial charge in [-0.05, 0) is 159 Å². The number of aromatic hydroxyl groups is 1. The smallest absolute Gasteiger partial charge is 0.338 e. The predicted molar refractivity (Wildman–Crippen MR) is 440 cm³/mol. The number of esters is 1. The van der Waals surface area contributed by atoms with E-state index in [0.29, 0.717) is 67.0 Å². The van der Waals surface area contributed by atoms with E-state index in [9.17, 15) is 67.4 Å². The first-order chi connectivity index (χ1) is 56.2. The minimum atomic E-state index is -1.29. The molecule has 0 spiro atoms. The van der Waals surface area contributed by atoms with Crippen LogP contribution in [0.1, 0.15) is 174 Å². The highest BCUT2D eigenvalue weighted by Gasteiger charge is 2.34. The summed E-state index contributed by atoms with van der Waals surface area (Å²) in [4.78, 5) is 167. The number of carboxylic acids is 1. The number of carboxylic acid groups (broad SMARTS) is 1. The monoisotopic (exact) mass is 1600 g/mol. The number of benzene rings is 9. The number of hydrogen-bond donors (Lipinski definition) is 8. The Balaban J connectivity index is 0.000000295. The lowest BCUT2D eigenvalue weighted by Crippen LogP contribution is -2.49. The van der Waals surface area contributed by atoms with Crippen molar-refractivity contribution >= 4 is 87.5 Å². The number of phenolic OH excluding ortho intramolecular Hbond substituents is 1. The third-order valence-electron chi connectivity index (χ3n) is 18.5. The second-order valence-corrected chi connectivity index (χ2v) is 28.1. The van der Waals surface area contributed by atoms with Gasteiger partial charge in [-0.25, -0.2) is 9.59 Å².